The molecule has 1 atom stereocenters. The van der Waals surface area contributed by atoms with Gasteiger partial charge >= 0.3 is 0 Å². The van der Waals surface area contributed by atoms with Gasteiger partial charge in [0.15, 0.2) is 11.6 Å². The van der Waals surface area contributed by atoms with Crippen molar-refractivity contribution in [3.8, 4) is 0 Å². The number of nitrogens with zero attached hydrogens (tertiary/aromatic N) is 3. The molecule has 1 N–H and O–H groups in total. The second-order valence-electron chi connectivity index (χ2n) is 8.63. The lowest BCUT2D eigenvalue weighted by atomic mass is 9.91. The number of aromatic nitrogens is 3. The standard InChI is InChI=1S/C25H27ClN4O2/c1-15-4-7-17(8-5-15)23-27-14-21(26)24(29-23)28-20-10-11-22-19(13-20)12-18(9-6-16(2)31)25(32)30(22)3/h7,10-15H,4-6,8-9H2,1-3H3,(H,27,28,29)/t15-/m1/s1. The molecule has 0 fully saturated rings. The van der Waals surface area contributed by atoms with E-state index < -0.39 is 0 Å². The lowest BCUT2D eigenvalue weighted by Gasteiger charge is -2.18. The summed E-state index contributed by atoms with van der Waals surface area (Å²) in [4.78, 5) is 33.1. The summed E-state index contributed by atoms with van der Waals surface area (Å²) in [6.45, 7) is 3.79. The van der Waals surface area contributed by atoms with Gasteiger partial charge in [-0.15, -0.1) is 0 Å². The normalized spacial score (nSPS) is 16.1. The lowest BCUT2D eigenvalue weighted by Crippen LogP contribution is -2.21. The number of hydrogen-bond acceptors (Lipinski definition) is 5. The number of rotatable bonds is 6. The third-order valence-electron chi connectivity index (χ3n) is 6.01. The lowest BCUT2D eigenvalue weighted by molar-refractivity contribution is -0.116. The largest absolute Gasteiger partial charge is 0.339 e. The number of hydrogen-bond donors (Lipinski definition) is 1. The first-order valence-electron chi connectivity index (χ1n) is 10.9. The van der Waals surface area contributed by atoms with Crippen LogP contribution in [-0.2, 0) is 18.3 Å². The van der Waals surface area contributed by atoms with Crippen LogP contribution < -0.4 is 10.9 Å². The Morgan fingerprint density at radius 3 is 2.84 bits per heavy atom. The van der Waals surface area contributed by atoms with Crippen molar-refractivity contribution in [2.45, 2.75) is 46.0 Å². The van der Waals surface area contributed by atoms with Crippen LogP contribution in [0.4, 0.5) is 11.5 Å². The van der Waals surface area contributed by atoms with Gasteiger partial charge in [0.1, 0.15) is 10.8 Å². The average Bonchev–Trinajstić information content (AvgIpc) is 2.77. The van der Waals surface area contributed by atoms with Crippen molar-refractivity contribution in [1.82, 2.24) is 14.5 Å². The summed E-state index contributed by atoms with van der Waals surface area (Å²) in [7, 11) is 1.75. The molecule has 0 radical (unpaired) electrons. The fraction of sp³-hybridized carbons (Fsp3) is 0.360. The van der Waals surface area contributed by atoms with E-state index in [-0.39, 0.29) is 11.3 Å². The predicted octanol–water partition coefficient (Wildman–Crippen LogP) is 5.45. The van der Waals surface area contributed by atoms with Crippen LogP contribution in [0.2, 0.25) is 5.02 Å². The van der Waals surface area contributed by atoms with E-state index in [2.05, 4.69) is 28.3 Å². The molecule has 2 aromatic heterocycles. The van der Waals surface area contributed by atoms with Gasteiger partial charge in [-0.25, -0.2) is 9.97 Å². The van der Waals surface area contributed by atoms with Crippen LogP contribution >= 0.6 is 11.6 Å². The molecular formula is C25H27ClN4O2. The second-order valence-corrected chi connectivity index (χ2v) is 9.04. The number of benzene rings is 1. The summed E-state index contributed by atoms with van der Waals surface area (Å²) in [5.74, 6) is 2.02. The topological polar surface area (TPSA) is 76.9 Å². The number of aryl methyl sites for hydroxylation is 2. The fourth-order valence-corrected chi connectivity index (χ4v) is 4.17. The Hall–Kier alpha value is -2.99. The van der Waals surface area contributed by atoms with Crippen LogP contribution in [0.3, 0.4) is 0 Å². The minimum Gasteiger partial charge on any atom is -0.339 e. The van der Waals surface area contributed by atoms with Crippen LogP contribution in [0.5, 0.6) is 0 Å². The highest BCUT2D eigenvalue weighted by Gasteiger charge is 2.16. The number of halogens is 1. The maximum atomic E-state index is 12.6. The highest BCUT2D eigenvalue weighted by atomic mass is 35.5. The highest BCUT2D eigenvalue weighted by molar-refractivity contribution is 6.32. The molecule has 32 heavy (non-hydrogen) atoms. The van der Waals surface area contributed by atoms with E-state index in [1.807, 2.05) is 24.3 Å². The van der Waals surface area contributed by atoms with Crippen molar-refractivity contribution in [3.63, 3.8) is 0 Å². The maximum absolute atomic E-state index is 12.6. The first-order valence-corrected chi connectivity index (χ1v) is 11.3. The molecule has 2 heterocycles. The molecule has 1 aliphatic rings. The van der Waals surface area contributed by atoms with Crippen molar-refractivity contribution in [1.29, 1.82) is 0 Å². The third-order valence-corrected chi connectivity index (χ3v) is 6.29. The summed E-state index contributed by atoms with van der Waals surface area (Å²) >= 11 is 6.38. The summed E-state index contributed by atoms with van der Waals surface area (Å²) in [5.41, 5.74) is 3.35. The van der Waals surface area contributed by atoms with Gasteiger partial charge in [-0.3, -0.25) is 4.79 Å². The van der Waals surface area contributed by atoms with Crippen molar-refractivity contribution in [2.75, 3.05) is 5.32 Å². The minimum atomic E-state index is -0.0713. The van der Waals surface area contributed by atoms with Gasteiger partial charge in [0.2, 0.25) is 0 Å². The van der Waals surface area contributed by atoms with E-state index in [1.165, 1.54) is 6.92 Å². The Bertz CT molecular complexity index is 1280. The van der Waals surface area contributed by atoms with Crippen LogP contribution in [0.1, 0.15) is 50.9 Å². The smallest absolute Gasteiger partial charge is 0.253 e. The van der Waals surface area contributed by atoms with Gasteiger partial charge in [0.05, 0.1) is 11.7 Å². The highest BCUT2D eigenvalue weighted by Crippen LogP contribution is 2.31. The van der Waals surface area contributed by atoms with Crippen LogP contribution in [0.25, 0.3) is 16.5 Å². The number of anilines is 2. The first kappa shape index (κ1) is 22.2. The van der Waals surface area contributed by atoms with E-state index >= 15 is 0 Å². The van der Waals surface area contributed by atoms with Crippen molar-refractivity contribution in [2.24, 2.45) is 13.0 Å². The maximum Gasteiger partial charge on any atom is 0.253 e. The van der Waals surface area contributed by atoms with Gasteiger partial charge in [-0.05, 0) is 68.4 Å². The fourth-order valence-electron chi connectivity index (χ4n) is 4.03. The summed E-state index contributed by atoms with van der Waals surface area (Å²) in [6, 6.07) is 7.63. The first-order chi connectivity index (χ1) is 15.3. The van der Waals surface area contributed by atoms with E-state index in [4.69, 9.17) is 11.6 Å². The van der Waals surface area contributed by atoms with Crippen molar-refractivity contribution >= 4 is 45.4 Å². The average molecular weight is 451 g/mol. The van der Waals surface area contributed by atoms with Gasteiger partial charge in [-0.2, -0.15) is 0 Å². The molecule has 1 aromatic carbocycles. The molecule has 0 saturated carbocycles. The molecule has 1 aliphatic carbocycles. The van der Waals surface area contributed by atoms with Crippen LogP contribution in [-0.4, -0.2) is 20.3 Å². The molecule has 0 saturated heterocycles. The molecule has 166 valence electrons. The molecule has 0 spiro atoms. The second kappa shape index (κ2) is 9.25. The van der Waals surface area contributed by atoms with Gasteiger partial charge < -0.3 is 14.7 Å². The monoisotopic (exact) mass is 450 g/mol. The van der Waals surface area contributed by atoms with E-state index in [1.54, 1.807) is 17.8 Å². The van der Waals surface area contributed by atoms with Crippen molar-refractivity contribution < 1.29 is 4.79 Å². The Morgan fingerprint density at radius 1 is 1.31 bits per heavy atom. The molecule has 0 unspecified atom stereocenters. The predicted molar refractivity (Wildman–Crippen MR) is 130 cm³/mol. The number of carbonyl (C=O) groups is 1. The number of ketones is 1. The summed E-state index contributed by atoms with van der Waals surface area (Å²) in [5, 5.41) is 4.66. The van der Waals surface area contributed by atoms with Crippen LogP contribution in [0.15, 0.2) is 41.3 Å². The minimum absolute atomic E-state index is 0.0688. The van der Waals surface area contributed by atoms with E-state index in [0.717, 1.165) is 41.4 Å². The molecular weight excluding hydrogens is 424 g/mol. The quantitative estimate of drug-likeness (QED) is 0.540. The van der Waals surface area contributed by atoms with Crippen molar-refractivity contribution in [3.05, 3.63) is 63.3 Å². The number of Topliss-reactive ketones (excluding diaryl/α,β-unsaturated/α-hetero) is 1. The molecule has 0 amide bonds. The molecule has 0 bridgehead atoms. The molecule has 6 nitrogen and oxygen atoms in total. The Labute approximate surface area is 192 Å². The molecule has 4 rings (SSSR count). The zero-order chi connectivity index (χ0) is 22.8. The van der Waals surface area contributed by atoms with E-state index in [0.29, 0.717) is 41.0 Å². The van der Waals surface area contributed by atoms with Gasteiger partial charge in [0.25, 0.3) is 5.56 Å². The van der Waals surface area contributed by atoms with Gasteiger partial charge in [0, 0.05) is 30.1 Å². The zero-order valence-corrected chi connectivity index (χ0v) is 19.4. The number of nitrogens with one attached hydrogen (secondary N) is 1. The molecule has 0 aliphatic heterocycles. The molecule has 7 heteroatoms. The Balaban J connectivity index is 1.66. The van der Waals surface area contributed by atoms with Crippen LogP contribution in [0, 0.1) is 5.92 Å². The molecule has 3 aromatic rings. The van der Waals surface area contributed by atoms with Gasteiger partial charge in [-0.1, -0.05) is 24.6 Å². The Kier molecular flexibility index (Phi) is 6.42. The van der Waals surface area contributed by atoms with E-state index in [9.17, 15) is 9.59 Å². The summed E-state index contributed by atoms with van der Waals surface area (Å²) in [6.07, 6.45) is 7.79. The number of allylic oxidation sites excluding steroid dienone is 2. The number of pyridine rings is 1. The number of fused-ring (bicyclic) bond motifs is 1. The zero-order valence-electron chi connectivity index (χ0n) is 18.6. The number of carbonyl (C=O) groups excluding carboxylic acids is 1. The Morgan fingerprint density at radius 2 is 2.12 bits per heavy atom. The summed E-state index contributed by atoms with van der Waals surface area (Å²) < 4.78 is 1.63. The SMILES string of the molecule is CC(=O)CCc1cc2cc(Nc3nc(C4=CC[C@@H](C)CC4)ncc3Cl)ccc2n(C)c1=O. The third kappa shape index (κ3) is 4.75.